The Hall–Kier alpha value is -2.39. The molecular weight excluding hydrogens is 501 g/mol. The Labute approximate surface area is 228 Å². The number of amides is 2. The topological polar surface area (TPSA) is 71.3 Å². The maximum atomic E-state index is 14.4. The minimum atomic E-state index is -0.287. The van der Waals surface area contributed by atoms with Gasteiger partial charge in [-0.1, -0.05) is 0 Å². The number of piperidine rings is 2. The number of carbonyl (C=O) groups excluding carboxylic acids is 2. The second-order valence-corrected chi connectivity index (χ2v) is 13.1. The van der Waals surface area contributed by atoms with E-state index < -0.39 is 0 Å². The second kappa shape index (κ2) is 8.80. The molecule has 3 aliphatic carbocycles. The molecule has 9 heteroatoms. The molecule has 5 atom stereocenters. The molecule has 4 aliphatic heterocycles. The lowest BCUT2D eigenvalue weighted by Gasteiger charge is -2.42. The van der Waals surface area contributed by atoms with Gasteiger partial charge in [0.15, 0.2) is 0 Å². The normalized spacial score (nSPS) is 36.4. The zero-order valence-corrected chi connectivity index (χ0v) is 22.5. The fourth-order valence-electron chi connectivity index (χ4n) is 9.00. The smallest absolute Gasteiger partial charge is 0.414 e. The SMILES string of the molecule is O=C(OC1CCC1)N1CC2(CCN(C3CC4CCC5N(C(=O)O[C@@H]6CCOC6)C45C3)CC2)c2cc(F)ccc21. The fourth-order valence-corrected chi connectivity index (χ4v) is 9.00. The van der Waals surface area contributed by atoms with Crippen LogP contribution < -0.4 is 4.90 Å². The van der Waals surface area contributed by atoms with E-state index in [0.29, 0.717) is 37.8 Å². The van der Waals surface area contributed by atoms with Gasteiger partial charge in [-0.3, -0.25) is 9.80 Å². The average molecular weight is 540 g/mol. The predicted molar refractivity (Wildman–Crippen MR) is 140 cm³/mol. The van der Waals surface area contributed by atoms with Crippen LogP contribution in [0.1, 0.15) is 69.8 Å². The number of benzene rings is 1. The molecule has 6 fully saturated rings. The third kappa shape index (κ3) is 3.68. The van der Waals surface area contributed by atoms with E-state index >= 15 is 0 Å². The lowest BCUT2D eigenvalue weighted by molar-refractivity contribution is 0.0560. The van der Waals surface area contributed by atoms with Crippen LogP contribution in [0.15, 0.2) is 18.2 Å². The van der Waals surface area contributed by atoms with Crippen molar-refractivity contribution in [3.8, 4) is 0 Å². The van der Waals surface area contributed by atoms with Crippen molar-refractivity contribution >= 4 is 17.9 Å². The molecule has 0 radical (unpaired) electrons. The first-order valence-corrected chi connectivity index (χ1v) is 15.1. The van der Waals surface area contributed by atoms with E-state index in [9.17, 15) is 14.0 Å². The number of nitrogens with zero attached hydrogens (tertiary/aromatic N) is 3. The summed E-state index contributed by atoms with van der Waals surface area (Å²) in [5, 5.41) is 0. The summed E-state index contributed by atoms with van der Waals surface area (Å²) in [4.78, 5) is 32.6. The zero-order valence-electron chi connectivity index (χ0n) is 22.5. The third-order valence-corrected chi connectivity index (χ3v) is 11.3. The molecule has 2 spiro atoms. The Kier molecular flexibility index (Phi) is 5.51. The van der Waals surface area contributed by atoms with Crippen molar-refractivity contribution in [1.29, 1.82) is 0 Å². The second-order valence-electron chi connectivity index (χ2n) is 13.1. The highest BCUT2D eigenvalue weighted by Gasteiger charge is 2.75. The summed E-state index contributed by atoms with van der Waals surface area (Å²) < 4.78 is 31.4. The number of hydrogen-bond donors (Lipinski definition) is 0. The first-order valence-electron chi connectivity index (χ1n) is 15.1. The molecule has 1 aromatic carbocycles. The monoisotopic (exact) mass is 539 g/mol. The lowest BCUT2D eigenvalue weighted by atomic mass is 9.74. The van der Waals surface area contributed by atoms with Gasteiger partial charge in [0.25, 0.3) is 0 Å². The summed E-state index contributed by atoms with van der Waals surface area (Å²) >= 11 is 0. The molecule has 0 aromatic heterocycles. The summed E-state index contributed by atoms with van der Waals surface area (Å²) in [5.74, 6) is 0.303. The molecule has 210 valence electrons. The number of ether oxygens (including phenoxy) is 3. The Morgan fingerprint density at radius 1 is 1.00 bits per heavy atom. The van der Waals surface area contributed by atoms with E-state index in [4.69, 9.17) is 14.2 Å². The van der Waals surface area contributed by atoms with Crippen LogP contribution >= 0.6 is 0 Å². The maximum Gasteiger partial charge on any atom is 0.414 e. The summed E-state index contributed by atoms with van der Waals surface area (Å²) in [7, 11) is 0. The summed E-state index contributed by atoms with van der Waals surface area (Å²) in [6.07, 6.45) is 9.48. The molecule has 0 N–H and O–H groups in total. The number of hydrogen-bond acceptors (Lipinski definition) is 6. The Bertz CT molecular complexity index is 1180. The van der Waals surface area contributed by atoms with Gasteiger partial charge in [-0.25, -0.2) is 14.0 Å². The third-order valence-electron chi connectivity index (χ3n) is 11.3. The van der Waals surface area contributed by atoms with Gasteiger partial charge in [-0.15, -0.1) is 0 Å². The van der Waals surface area contributed by atoms with Gasteiger partial charge < -0.3 is 19.1 Å². The van der Waals surface area contributed by atoms with Crippen molar-refractivity contribution in [3.63, 3.8) is 0 Å². The van der Waals surface area contributed by atoms with Crippen LogP contribution in [0.4, 0.5) is 19.7 Å². The van der Waals surface area contributed by atoms with Crippen LogP contribution in [0.3, 0.4) is 0 Å². The molecule has 4 heterocycles. The highest BCUT2D eigenvalue weighted by atomic mass is 19.1. The van der Waals surface area contributed by atoms with Crippen molar-refractivity contribution in [2.24, 2.45) is 5.92 Å². The van der Waals surface area contributed by atoms with Crippen LogP contribution in [0, 0.1) is 11.7 Å². The Morgan fingerprint density at radius 2 is 1.82 bits per heavy atom. The number of rotatable bonds is 3. The summed E-state index contributed by atoms with van der Waals surface area (Å²) in [6, 6.07) is 5.64. The quantitative estimate of drug-likeness (QED) is 0.524. The largest absolute Gasteiger partial charge is 0.446 e. The highest BCUT2D eigenvalue weighted by Crippen LogP contribution is 2.65. The van der Waals surface area contributed by atoms with Crippen molar-refractivity contribution in [2.45, 2.75) is 99.5 Å². The molecule has 8 rings (SSSR count). The number of likely N-dealkylation sites (tertiary alicyclic amines) is 2. The van der Waals surface area contributed by atoms with E-state index in [2.05, 4.69) is 9.80 Å². The molecule has 4 unspecified atom stereocenters. The molecular formula is C30H38FN3O5. The number of anilines is 1. The predicted octanol–water partition coefficient (Wildman–Crippen LogP) is 4.59. The molecule has 0 bridgehead atoms. The minimum absolute atomic E-state index is 0.0124. The fraction of sp³-hybridized carbons (Fsp3) is 0.733. The molecule has 3 saturated carbocycles. The number of carbonyl (C=O) groups is 2. The Balaban J connectivity index is 0.948. The zero-order chi connectivity index (χ0) is 26.4. The van der Waals surface area contributed by atoms with Crippen molar-refractivity contribution in [1.82, 2.24) is 9.80 Å². The molecule has 3 saturated heterocycles. The molecule has 2 amide bonds. The van der Waals surface area contributed by atoms with Crippen LogP contribution in [0.5, 0.6) is 0 Å². The van der Waals surface area contributed by atoms with Gasteiger partial charge in [0.2, 0.25) is 0 Å². The maximum absolute atomic E-state index is 14.4. The average Bonchev–Trinajstić information content (AvgIpc) is 3.41. The van der Waals surface area contributed by atoms with Crippen LogP contribution in [-0.4, -0.2) is 84.7 Å². The van der Waals surface area contributed by atoms with Gasteiger partial charge >= 0.3 is 12.2 Å². The van der Waals surface area contributed by atoms with E-state index in [-0.39, 0.29) is 41.2 Å². The van der Waals surface area contributed by atoms with Crippen molar-refractivity contribution in [3.05, 3.63) is 29.6 Å². The summed E-state index contributed by atoms with van der Waals surface area (Å²) in [5.41, 5.74) is 1.52. The van der Waals surface area contributed by atoms with E-state index in [1.54, 1.807) is 17.0 Å². The number of fused-ring (bicyclic) bond motifs is 2. The Morgan fingerprint density at radius 3 is 2.56 bits per heavy atom. The number of halogens is 1. The van der Waals surface area contributed by atoms with Crippen LogP contribution in [-0.2, 0) is 19.6 Å². The van der Waals surface area contributed by atoms with Gasteiger partial charge in [0, 0.05) is 24.4 Å². The van der Waals surface area contributed by atoms with E-state index in [0.717, 1.165) is 82.1 Å². The molecule has 1 aromatic rings. The molecule has 39 heavy (non-hydrogen) atoms. The molecule has 8 nitrogen and oxygen atoms in total. The standard InChI is InChI=1S/C30H38FN3O5/c31-20-5-6-25-24(15-20)29(18-33(25)27(35)38-22-2-1-3-22)9-11-32(12-10-29)21-14-19-4-7-26-30(19,16-21)34(26)28(36)39-23-8-13-37-17-23/h5-6,15,19,21-23,26H,1-4,7-14,16-18H2/t19?,21?,23-,26?,30?,34?/m1/s1. The van der Waals surface area contributed by atoms with Gasteiger partial charge in [0.1, 0.15) is 18.0 Å². The van der Waals surface area contributed by atoms with Gasteiger partial charge in [-0.2, -0.15) is 0 Å². The highest BCUT2D eigenvalue weighted by molar-refractivity contribution is 5.91. The first-order chi connectivity index (χ1) is 19.0. The van der Waals surface area contributed by atoms with Crippen molar-refractivity contribution in [2.75, 3.05) is 37.7 Å². The lowest BCUT2D eigenvalue weighted by Crippen LogP contribution is -2.49. The van der Waals surface area contributed by atoms with Gasteiger partial charge in [-0.05, 0) is 101 Å². The van der Waals surface area contributed by atoms with E-state index in [1.165, 1.54) is 12.5 Å². The first kappa shape index (κ1) is 24.4. The van der Waals surface area contributed by atoms with Crippen molar-refractivity contribution < 1.29 is 28.2 Å². The molecule has 7 aliphatic rings. The van der Waals surface area contributed by atoms with Gasteiger partial charge in [0.05, 0.1) is 30.5 Å². The van der Waals surface area contributed by atoms with Crippen LogP contribution in [0.25, 0.3) is 0 Å². The van der Waals surface area contributed by atoms with Crippen LogP contribution in [0.2, 0.25) is 0 Å². The minimum Gasteiger partial charge on any atom is -0.446 e. The summed E-state index contributed by atoms with van der Waals surface area (Å²) in [6.45, 7) is 3.59. The van der Waals surface area contributed by atoms with E-state index in [1.807, 2.05) is 0 Å².